The van der Waals surface area contributed by atoms with E-state index in [0.717, 1.165) is 0 Å². The van der Waals surface area contributed by atoms with Crippen LogP contribution < -0.4 is 0 Å². The molecule has 1 N–H and O–H groups in total. The summed E-state index contributed by atoms with van der Waals surface area (Å²) < 4.78 is 13.5. The zero-order chi connectivity index (χ0) is 14.7. The Morgan fingerprint density at radius 1 is 1.40 bits per heavy atom. The van der Waals surface area contributed by atoms with Crippen molar-refractivity contribution in [1.29, 1.82) is 0 Å². The third kappa shape index (κ3) is 3.15. The summed E-state index contributed by atoms with van der Waals surface area (Å²) in [6.45, 7) is 2.26. The number of rotatable bonds is 3. The van der Waals surface area contributed by atoms with Crippen molar-refractivity contribution in [2.75, 3.05) is 6.54 Å². The molecular weight excluding hydrogens is 261 g/mol. The standard InChI is InChI=1S/C15H18FNO3/c1-10-8-12(15(19)20)6-7-17(10)14(18)9-11-4-2-3-5-13(11)16/h2-5,10,12H,6-9H2,1H3,(H,19,20). The highest BCUT2D eigenvalue weighted by atomic mass is 19.1. The van der Waals surface area contributed by atoms with Gasteiger partial charge in [-0.2, -0.15) is 0 Å². The smallest absolute Gasteiger partial charge is 0.306 e. The zero-order valence-corrected chi connectivity index (χ0v) is 11.4. The largest absolute Gasteiger partial charge is 0.481 e. The van der Waals surface area contributed by atoms with Gasteiger partial charge >= 0.3 is 5.97 Å². The van der Waals surface area contributed by atoms with Gasteiger partial charge in [-0.05, 0) is 31.4 Å². The summed E-state index contributed by atoms with van der Waals surface area (Å²) in [6, 6.07) is 6.10. The highest BCUT2D eigenvalue weighted by Gasteiger charge is 2.32. The summed E-state index contributed by atoms with van der Waals surface area (Å²) >= 11 is 0. The predicted molar refractivity (Wildman–Crippen MR) is 71.6 cm³/mol. The molecule has 0 aromatic heterocycles. The number of halogens is 1. The second kappa shape index (κ2) is 6.03. The molecule has 0 radical (unpaired) electrons. The van der Waals surface area contributed by atoms with Crippen LogP contribution in [0.3, 0.4) is 0 Å². The van der Waals surface area contributed by atoms with Crippen molar-refractivity contribution in [3.05, 3.63) is 35.6 Å². The van der Waals surface area contributed by atoms with E-state index in [1.165, 1.54) is 6.07 Å². The molecule has 1 aromatic carbocycles. The lowest BCUT2D eigenvalue weighted by Crippen LogP contribution is -2.46. The van der Waals surface area contributed by atoms with E-state index in [9.17, 15) is 14.0 Å². The van der Waals surface area contributed by atoms with Crippen LogP contribution >= 0.6 is 0 Å². The van der Waals surface area contributed by atoms with Crippen LogP contribution in [0.15, 0.2) is 24.3 Å². The van der Waals surface area contributed by atoms with Crippen molar-refractivity contribution in [3.8, 4) is 0 Å². The SMILES string of the molecule is CC1CC(C(=O)O)CCN1C(=O)Cc1ccccc1F. The van der Waals surface area contributed by atoms with Gasteiger partial charge in [0.05, 0.1) is 12.3 Å². The summed E-state index contributed by atoms with van der Waals surface area (Å²) in [5, 5.41) is 9.00. The van der Waals surface area contributed by atoms with E-state index in [1.54, 1.807) is 23.1 Å². The molecule has 2 unspecified atom stereocenters. The average Bonchev–Trinajstić information content (AvgIpc) is 2.41. The van der Waals surface area contributed by atoms with Crippen LogP contribution in [0.1, 0.15) is 25.3 Å². The number of aliphatic carboxylic acids is 1. The summed E-state index contributed by atoms with van der Waals surface area (Å²) in [5.74, 6) is -1.72. The van der Waals surface area contributed by atoms with Gasteiger partial charge in [0.15, 0.2) is 0 Å². The first-order valence-corrected chi connectivity index (χ1v) is 6.74. The van der Waals surface area contributed by atoms with E-state index in [1.807, 2.05) is 6.92 Å². The number of nitrogens with zero attached hydrogens (tertiary/aromatic N) is 1. The Morgan fingerprint density at radius 3 is 2.70 bits per heavy atom. The molecule has 1 saturated heterocycles. The van der Waals surface area contributed by atoms with Gasteiger partial charge in [0.25, 0.3) is 0 Å². The van der Waals surface area contributed by atoms with Gasteiger partial charge in [-0.3, -0.25) is 9.59 Å². The number of piperidine rings is 1. The molecule has 1 amide bonds. The van der Waals surface area contributed by atoms with Crippen molar-refractivity contribution >= 4 is 11.9 Å². The van der Waals surface area contributed by atoms with E-state index in [-0.39, 0.29) is 30.1 Å². The van der Waals surface area contributed by atoms with Gasteiger partial charge in [0.2, 0.25) is 5.91 Å². The lowest BCUT2D eigenvalue weighted by molar-refractivity contribution is -0.147. The molecule has 1 aromatic rings. The first kappa shape index (κ1) is 14.5. The van der Waals surface area contributed by atoms with Crippen LogP contribution in [0.25, 0.3) is 0 Å². The molecule has 1 heterocycles. The van der Waals surface area contributed by atoms with E-state index < -0.39 is 5.97 Å². The van der Waals surface area contributed by atoms with Crippen LogP contribution in [-0.2, 0) is 16.0 Å². The minimum absolute atomic E-state index is 0.0226. The topological polar surface area (TPSA) is 57.6 Å². The Hall–Kier alpha value is -1.91. The molecule has 0 bridgehead atoms. The number of carbonyl (C=O) groups excluding carboxylic acids is 1. The van der Waals surface area contributed by atoms with Gasteiger partial charge in [-0.25, -0.2) is 4.39 Å². The quantitative estimate of drug-likeness (QED) is 0.921. The molecule has 1 aliphatic heterocycles. The summed E-state index contributed by atoms with van der Waals surface area (Å²) in [5.41, 5.74) is 0.380. The molecule has 108 valence electrons. The summed E-state index contributed by atoms with van der Waals surface area (Å²) in [6.07, 6.45) is 0.940. The van der Waals surface area contributed by atoms with Crippen molar-refractivity contribution in [3.63, 3.8) is 0 Å². The number of carboxylic acids is 1. The maximum Gasteiger partial charge on any atom is 0.306 e. The Bertz CT molecular complexity index is 518. The van der Waals surface area contributed by atoms with E-state index in [0.29, 0.717) is 24.9 Å². The zero-order valence-electron chi connectivity index (χ0n) is 11.4. The first-order valence-electron chi connectivity index (χ1n) is 6.74. The summed E-state index contributed by atoms with van der Waals surface area (Å²) in [4.78, 5) is 24.8. The second-order valence-corrected chi connectivity index (χ2v) is 5.26. The molecule has 2 rings (SSSR count). The highest BCUT2D eigenvalue weighted by Crippen LogP contribution is 2.24. The molecule has 2 atom stereocenters. The number of hydrogen-bond acceptors (Lipinski definition) is 2. The highest BCUT2D eigenvalue weighted by molar-refractivity contribution is 5.79. The normalized spacial score (nSPS) is 22.6. The Labute approximate surface area is 117 Å². The number of likely N-dealkylation sites (tertiary alicyclic amines) is 1. The van der Waals surface area contributed by atoms with Crippen molar-refractivity contribution < 1.29 is 19.1 Å². The van der Waals surface area contributed by atoms with Crippen LogP contribution in [0.4, 0.5) is 4.39 Å². The fourth-order valence-electron chi connectivity index (χ4n) is 2.67. The van der Waals surface area contributed by atoms with Gasteiger partial charge in [0.1, 0.15) is 5.82 Å². The van der Waals surface area contributed by atoms with Gasteiger partial charge in [0, 0.05) is 12.6 Å². The Morgan fingerprint density at radius 2 is 2.10 bits per heavy atom. The minimum atomic E-state index is -0.807. The fourth-order valence-corrected chi connectivity index (χ4v) is 2.67. The van der Waals surface area contributed by atoms with E-state index in [2.05, 4.69) is 0 Å². The molecule has 1 fully saturated rings. The number of hydrogen-bond donors (Lipinski definition) is 1. The maximum atomic E-state index is 13.5. The Kier molecular flexibility index (Phi) is 4.37. The molecule has 1 aliphatic rings. The number of carbonyl (C=O) groups is 2. The van der Waals surface area contributed by atoms with Crippen LogP contribution in [0.5, 0.6) is 0 Å². The Balaban J connectivity index is 2.00. The summed E-state index contributed by atoms with van der Waals surface area (Å²) in [7, 11) is 0. The lowest BCUT2D eigenvalue weighted by atomic mass is 9.91. The van der Waals surface area contributed by atoms with E-state index >= 15 is 0 Å². The molecule has 5 heteroatoms. The predicted octanol–water partition coefficient (Wildman–Crippen LogP) is 2.08. The molecule has 20 heavy (non-hydrogen) atoms. The van der Waals surface area contributed by atoms with Gasteiger partial charge < -0.3 is 10.0 Å². The maximum absolute atomic E-state index is 13.5. The third-order valence-corrected chi connectivity index (χ3v) is 3.85. The first-order chi connectivity index (χ1) is 9.49. The van der Waals surface area contributed by atoms with Crippen molar-refractivity contribution in [2.45, 2.75) is 32.2 Å². The van der Waals surface area contributed by atoms with Crippen molar-refractivity contribution in [1.82, 2.24) is 4.90 Å². The number of amides is 1. The number of carboxylic acid groups (broad SMARTS) is 1. The average molecular weight is 279 g/mol. The second-order valence-electron chi connectivity index (χ2n) is 5.26. The molecular formula is C15H18FNO3. The van der Waals surface area contributed by atoms with Gasteiger partial charge in [-0.1, -0.05) is 18.2 Å². The van der Waals surface area contributed by atoms with Gasteiger partial charge in [-0.15, -0.1) is 0 Å². The van der Waals surface area contributed by atoms with Crippen molar-refractivity contribution in [2.24, 2.45) is 5.92 Å². The van der Waals surface area contributed by atoms with Crippen LogP contribution in [0.2, 0.25) is 0 Å². The molecule has 4 nitrogen and oxygen atoms in total. The number of benzene rings is 1. The third-order valence-electron chi connectivity index (χ3n) is 3.85. The molecule has 0 saturated carbocycles. The van der Waals surface area contributed by atoms with Crippen LogP contribution in [0, 0.1) is 11.7 Å². The van der Waals surface area contributed by atoms with Crippen LogP contribution in [-0.4, -0.2) is 34.5 Å². The molecule has 0 spiro atoms. The lowest BCUT2D eigenvalue weighted by Gasteiger charge is -2.36. The minimum Gasteiger partial charge on any atom is -0.481 e. The monoisotopic (exact) mass is 279 g/mol. The van der Waals surface area contributed by atoms with E-state index in [4.69, 9.17) is 5.11 Å². The molecule has 0 aliphatic carbocycles. The fraction of sp³-hybridized carbons (Fsp3) is 0.467.